The summed E-state index contributed by atoms with van der Waals surface area (Å²) in [5, 5.41) is 2.81. The Balaban J connectivity index is 2.12. The van der Waals surface area contributed by atoms with Crippen LogP contribution in [0.5, 0.6) is 5.75 Å². The molecule has 5 nitrogen and oxygen atoms in total. The summed E-state index contributed by atoms with van der Waals surface area (Å²) >= 11 is 3.37. The van der Waals surface area contributed by atoms with Gasteiger partial charge in [-0.05, 0) is 58.4 Å². The summed E-state index contributed by atoms with van der Waals surface area (Å²) in [5.41, 5.74) is 4.49. The molecule has 0 aliphatic heterocycles. The lowest BCUT2D eigenvalue weighted by Crippen LogP contribution is -2.12. The Hall–Kier alpha value is -2.05. The summed E-state index contributed by atoms with van der Waals surface area (Å²) < 4.78 is 5.91. The molecular formula is C14H14BrN3O2. The Bertz CT molecular complexity index is 614. The lowest BCUT2D eigenvalue weighted by molar-refractivity contribution is 0.102. The third kappa shape index (κ3) is 3.28. The average molecular weight is 336 g/mol. The first-order chi connectivity index (χ1) is 9.63. The molecule has 0 bridgehead atoms. The van der Waals surface area contributed by atoms with Gasteiger partial charge in [-0.1, -0.05) is 0 Å². The van der Waals surface area contributed by atoms with Crippen LogP contribution >= 0.6 is 15.9 Å². The van der Waals surface area contributed by atoms with Gasteiger partial charge in [-0.3, -0.25) is 10.6 Å². The van der Waals surface area contributed by atoms with Gasteiger partial charge in [-0.15, -0.1) is 0 Å². The van der Waals surface area contributed by atoms with Crippen LogP contribution in [0, 0.1) is 0 Å². The molecule has 104 valence electrons. The molecule has 2 aromatic rings. The second kappa shape index (κ2) is 6.40. The molecular weight excluding hydrogens is 322 g/mol. The fourth-order valence-corrected chi connectivity index (χ4v) is 2.21. The third-order valence-electron chi connectivity index (χ3n) is 2.72. The molecule has 0 fully saturated rings. The normalized spacial score (nSPS) is 9.95. The van der Waals surface area contributed by atoms with Gasteiger partial charge < -0.3 is 15.5 Å². The van der Waals surface area contributed by atoms with Gasteiger partial charge in [0, 0.05) is 16.9 Å². The van der Waals surface area contributed by atoms with E-state index in [2.05, 4.69) is 26.7 Å². The molecule has 0 aliphatic carbocycles. The highest BCUT2D eigenvalue weighted by Gasteiger charge is 2.07. The van der Waals surface area contributed by atoms with Gasteiger partial charge in [0.2, 0.25) is 0 Å². The summed E-state index contributed by atoms with van der Waals surface area (Å²) in [5.74, 6) is 5.80. The number of hydrogen-bond donors (Lipinski definition) is 3. The van der Waals surface area contributed by atoms with Gasteiger partial charge in [-0.2, -0.15) is 0 Å². The number of nitrogen functional groups attached to an aromatic ring is 1. The van der Waals surface area contributed by atoms with E-state index < -0.39 is 0 Å². The first-order valence-electron chi connectivity index (χ1n) is 5.85. The molecule has 0 saturated carbocycles. The van der Waals surface area contributed by atoms with Crippen LogP contribution in [0.1, 0.15) is 10.4 Å². The molecule has 0 unspecified atom stereocenters. The molecule has 0 spiro atoms. The van der Waals surface area contributed by atoms with Crippen molar-refractivity contribution in [1.29, 1.82) is 0 Å². The van der Waals surface area contributed by atoms with E-state index in [-0.39, 0.29) is 5.91 Å². The Labute approximate surface area is 125 Å². The SMILES string of the molecule is COc1ccc(NC(=O)c2ccc(NN)cc2)cc1Br. The van der Waals surface area contributed by atoms with Crippen LogP contribution in [0.15, 0.2) is 46.9 Å². The first kappa shape index (κ1) is 14.4. The van der Waals surface area contributed by atoms with E-state index in [0.29, 0.717) is 17.0 Å². The van der Waals surface area contributed by atoms with Gasteiger partial charge >= 0.3 is 0 Å². The second-order valence-corrected chi connectivity index (χ2v) is 4.88. The fraction of sp³-hybridized carbons (Fsp3) is 0.0714. The fourth-order valence-electron chi connectivity index (χ4n) is 1.67. The van der Waals surface area contributed by atoms with Gasteiger partial charge in [-0.25, -0.2) is 0 Å². The monoisotopic (exact) mass is 335 g/mol. The number of carbonyl (C=O) groups excluding carboxylic acids is 1. The third-order valence-corrected chi connectivity index (χ3v) is 3.34. The Morgan fingerprint density at radius 3 is 2.35 bits per heavy atom. The highest BCUT2D eigenvalue weighted by atomic mass is 79.9. The molecule has 0 saturated heterocycles. The summed E-state index contributed by atoms with van der Waals surface area (Å²) in [6, 6.07) is 12.2. The lowest BCUT2D eigenvalue weighted by Gasteiger charge is -2.08. The number of nitrogens with two attached hydrogens (primary N) is 1. The largest absolute Gasteiger partial charge is 0.496 e. The van der Waals surface area contributed by atoms with Crippen LogP contribution in [0.2, 0.25) is 0 Å². The van der Waals surface area contributed by atoms with E-state index in [1.54, 1.807) is 49.6 Å². The van der Waals surface area contributed by atoms with E-state index in [0.717, 1.165) is 10.2 Å². The lowest BCUT2D eigenvalue weighted by atomic mass is 10.2. The number of nitrogens with one attached hydrogen (secondary N) is 2. The number of amides is 1. The van der Waals surface area contributed by atoms with Gasteiger partial charge in [0.25, 0.3) is 5.91 Å². The highest BCUT2D eigenvalue weighted by molar-refractivity contribution is 9.10. The Morgan fingerprint density at radius 1 is 1.15 bits per heavy atom. The number of anilines is 2. The number of methoxy groups -OCH3 is 1. The minimum atomic E-state index is -0.189. The number of carbonyl (C=O) groups is 1. The zero-order valence-corrected chi connectivity index (χ0v) is 12.4. The van der Waals surface area contributed by atoms with Crippen molar-refractivity contribution in [3.05, 3.63) is 52.5 Å². The zero-order valence-electron chi connectivity index (χ0n) is 10.8. The van der Waals surface area contributed by atoms with Crippen molar-refractivity contribution in [1.82, 2.24) is 0 Å². The van der Waals surface area contributed by atoms with Crippen molar-refractivity contribution in [2.24, 2.45) is 5.84 Å². The quantitative estimate of drug-likeness (QED) is 0.593. The summed E-state index contributed by atoms with van der Waals surface area (Å²) in [6.45, 7) is 0. The second-order valence-electron chi connectivity index (χ2n) is 4.03. The standard InChI is InChI=1S/C14H14BrN3O2/c1-20-13-7-6-11(8-12(13)15)17-14(19)9-2-4-10(18-16)5-3-9/h2-8,18H,16H2,1H3,(H,17,19). The highest BCUT2D eigenvalue weighted by Crippen LogP contribution is 2.27. The Kier molecular flexibility index (Phi) is 4.60. The smallest absolute Gasteiger partial charge is 0.255 e. The molecule has 2 rings (SSSR count). The molecule has 6 heteroatoms. The van der Waals surface area contributed by atoms with Crippen LogP contribution in [0.4, 0.5) is 11.4 Å². The summed E-state index contributed by atoms with van der Waals surface area (Å²) in [4.78, 5) is 12.1. The van der Waals surface area contributed by atoms with Crippen molar-refractivity contribution in [2.45, 2.75) is 0 Å². The number of rotatable bonds is 4. The van der Waals surface area contributed by atoms with Crippen LogP contribution in [-0.4, -0.2) is 13.0 Å². The van der Waals surface area contributed by atoms with E-state index in [4.69, 9.17) is 10.6 Å². The van der Waals surface area contributed by atoms with Crippen molar-refractivity contribution < 1.29 is 9.53 Å². The number of benzene rings is 2. The van der Waals surface area contributed by atoms with Gasteiger partial charge in [0.05, 0.1) is 11.6 Å². The topological polar surface area (TPSA) is 76.4 Å². The minimum Gasteiger partial charge on any atom is -0.496 e. The molecule has 20 heavy (non-hydrogen) atoms. The van der Waals surface area contributed by atoms with E-state index in [9.17, 15) is 4.79 Å². The number of ether oxygens (including phenoxy) is 1. The summed E-state index contributed by atoms with van der Waals surface area (Å²) in [7, 11) is 1.59. The van der Waals surface area contributed by atoms with Crippen molar-refractivity contribution in [2.75, 3.05) is 17.9 Å². The van der Waals surface area contributed by atoms with E-state index in [1.807, 2.05) is 0 Å². The maximum Gasteiger partial charge on any atom is 0.255 e. The van der Waals surface area contributed by atoms with E-state index in [1.165, 1.54) is 0 Å². The van der Waals surface area contributed by atoms with Gasteiger partial charge in [0.1, 0.15) is 5.75 Å². The number of hydrazine groups is 1. The first-order valence-corrected chi connectivity index (χ1v) is 6.65. The van der Waals surface area contributed by atoms with Crippen LogP contribution in [0.3, 0.4) is 0 Å². The maximum absolute atomic E-state index is 12.1. The predicted octanol–water partition coefficient (Wildman–Crippen LogP) is 3.00. The molecule has 2 aromatic carbocycles. The molecule has 0 aromatic heterocycles. The molecule has 0 heterocycles. The molecule has 0 atom stereocenters. The summed E-state index contributed by atoms with van der Waals surface area (Å²) in [6.07, 6.45) is 0. The van der Waals surface area contributed by atoms with E-state index >= 15 is 0 Å². The molecule has 0 aliphatic rings. The molecule has 0 radical (unpaired) electrons. The predicted molar refractivity (Wildman–Crippen MR) is 82.9 cm³/mol. The average Bonchev–Trinajstić information content (AvgIpc) is 2.47. The van der Waals surface area contributed by atoms with Crippen LogP contribution in [-0.2, 0) is 0 Å². The van der Waals surface area contributed by atoms with Crippen molar-refractivity contribution >= 4 is 33.2 Å². The van der Waals surface area contributed by atoms with Crippen molar-refractivity contribution in [3.63, 3.8) is 0 Å². The molecule has 1 amide bonds. The Morgan fingerprint density at radius 2 is 1.80 bits per heavy atom. The van der Waals surface area contributed by atoms with Crippen LogP contribution < -0.4 is 21.3 Å². The van der Waals surface area contributed by atoms with Crippen molar-refractivity contribution in [3.8, 4) is 5.75 Å². The minimum absolute atomic E-state index is 0.189. The number of hydrogen-bond acceptors (Lipinski definition) is 4. The molecule has 4 N–H and O–H groups in total. The van der Waals surface area contributed by atoms with Gasteiger partial charge in [0.15, 0.2) is 0 Å². The maximum atomic E-state index is 12.1. The zero-order chi connectivity index (χ0) is 14.5. The number of halogens is 1. The van der Waals surface area contributed by atoms with Crippen LogP contribution in [0.25, 0.3) is 0 Å².